The second kappa shape index (κ2) is 6.11. The van der Waals surface area contributed by atoms with E-state index in [9.17, 15) is 4.79 Å². The van der Waals surface area contributed by atoms with Crippen molar-refractivity contribution in [3.63, 3.8) is 0 Å². The molecule has 0 atom stereocenters. The number of rotatable bonds is 5. The average molecular weight is 275 g/mol. The van der Waals surface area contributed by atoms with Crippen molar-refractivity contribution < 1.29 is 4.79 Å². The normalized spacial score (nSPS) is 10.3. The maximum absolute atomic E-state index is 11.8. The van der Waals surface area contributed by atoms with Gasteiger partial charge in [0, 0.05) is 20.6 Å². The van der Waals surface area contributed by atoms with Crippen molar-refractivity contribution in [1.82, 2.24) is 20.0 Å². The Morgan fingerprint density at radius 2 is 2.25 bits per heavy atom. The maximum Gasteiger partial charge on any atom is 0.246 e. The molecule has 0 radical (unpaired) electrons. The van der Waals surface area contributed by atoms with Crippen LogP contribution in [0.5, 0.6) is 0 Å². The van der Waals surface area contributed by atoms with E-state index in [0.717, 1.165) is 5.82 Å². The minimum atomic E-state index is -0.196. The summed E-state index contributed by atoms with van der Waals surface area (Å²) in [6.45, 7) is 0.389. The largest absolute Gasteiger partial charge is 0.363 e. The van der Waals surface area contributed by atoms with Crippen molar-refractivity contribution >= 4 is 17.4 Å². The zero-order chi connectivity index (χ0) is 14.5. The molecule has 8 heteroatoms. The molecule has 8 nitrogen and oxygen atoms in total. The topological polar surface area (TPSA) is 102 Å². The lowest BCUT2D eigenvalue weighted by Gasteiger charge is -2.11. The Kier molecular flexibility index (Phi) is 4.26. The molecule has 0 saturated carbocycles. The molecule has 2 rings (SSSR count). The third-order valence-electron chi connectivity index (χ3n) is 2.59. The van der Waals surface area contributed by atoms with E-state index in [2.05, 4.69) is 20.6 Å². The molecule has 0 spiro atoms. The summed E-state index contributed by atoms with van der Waals surface area (Å²) in [5.41, 5.74) is 6.71. The van der Waals surface area contributed by atoms with Gasteiger partial charge >= 0.3 is 0 Å². The number of nitrogens with one attached hydrogen (secondary N) is 1. The Labute approximate surface area is 116 Å². The van der Waals surface area contributed by atoms with Gasteiger partial charge < -0.3 is 16.0 Å². The highest BCUT2D eigenvalue weighted by Crippen LogP contribution is 2.11. The number of pyridine rings is 1. The number of amides is 1. The van der Waals surface area contributed by atoms with Crippen molar-refractivity contribution in [3.8, 4) is 0 Å². The van der Waals surface area contributed by atoms with Gasteiger partial charge in [-0.05, 0) is 12.1 Å². The van der Waals surface area contributed by atoms with E-state index in [4.69, 9.17) is 5.73 Å². The Bertz CT molecular complexity index is 576. The SMILES string of the molecule is CN(C)c1ccc(NC(=O)Cn2cc(CN)nn2)cn1. The molecule has 2 aromatic heterocycles. The Hall–Kier alpha value is -2.48. The first-order chi connectivity index (χ1) is 9.58. The highest BCUT2D eigenvalue weighted by atomic mass is 16.2. The van der Waals surface area contributed by atoms with E-state index in [-0.39, 0.29) is 12.5 Å². The van der Waals surface area contributed by atoms with Crippen LogP contribution in [0, 0.1) is 0 Å². The Balaban J connectivity index is 1.93. The minimum absolute atomic E-state index is 0.0857. The lowest BCUT2D eigenvalue weighted by atomic mass is 10.4. The third kappa shape index (κ3) is 3.51. The fourth-order valence-electron chi connectivity index (χ4n) is 1.58. The first-order valence-corrected chi connectivity index (χ1v) is 6.11. The number of aromatic nitrogens is 4. The van der Waals surface area contributed by atoms with Crippen LogP contribution in [0.4, 0.5) is 11.5 Å². The molecule has 20 heavy (non-hydrogen) atoms. The van der Waals surface area contributed by atoms with Crippen LogP contribution >= 0.6 is 0 Å². The minimum Gasteiger partial charge on any atom is -0.363 e. The van der Waals surface area contributed by atoms with E-state index in [0.29, 0.717) is 17.9 Å². The fourth-order valence-corrected chi connectivity index (χ4v) is 1.58. The first-order valence-electron chi connectivity index (χ1n) is 6.11. The van der Waals surface area contributed by atoms with Gasteiger partial charge in [-0.15, -0.1) is 5.10 Å². The van der Waals surface area contributed by atoms with Crippen LogP contribution in [0.2, 0.25) is 0 Å². The monoisotopic (exact) mass is 275 g/mol. The molecule has 0 saturated heterocycles. The lowest BCUT2D eigenvalue weighted by molar-refractivity contribution is -0.116. The van der Waals surface area contributed by atoms with Crippen LogP contribution < -0.4 is 16.0 Å². The van der Waals surface area contributed by atoms with E-state index in [1.807, 2.05) is 25.1 Å². The third-order valence-corrected chi connectivity index (χ3v) is 2.59. The van der Waals surface area contributed by atoms with Gasteiger partial charge in [-0.1, -0.05) is 5.21 Å². The van der Waals surface area contributed by atoms with Crippen LogP contribution in [0.1, 0.15) is 5.69 Å². The van der Waals surface area contributed by atoms with Crippen molar-refractivity contribution in [2.45, 2.75) is 13.1 Å². The van der Waals surface area contributed by atoms with E-state index < -0.39 is 0 Å². The summed E-state index contributed by atoms with van der Waals surface area (Å²) in [6, 6.07) is 3.63. The van der Waals surface area contributed by atoms with E-state index in [1.165, 1.54) is 4.68 Å². The number of hydrogen-bond acceptors (Lipinski definition) is 6. The molecule has 0 aliphatic heterocycles. The summed E-state index contributed by atoms with van der Waals surface area (Å²) >= 11 is 0. The predicted molar refractivity (Wildman–Crippen MR) is 75.1 cm³/mol. The van der Waals surface area contributed by atoms with Gasteiger partial charge in [0.25, 0.3) is 0 Å². The van der Waals surface area contributed by atoms with Crippen molar-refractivity contribution in [2.24, 2.45) is 5.73 Å². The van der Waals surface area contributed by atoms with Gasteiger partial charge in [-0.25, -0.2) is 9.67 Å². The Morgan fingerprint density at radius 1 is 1.45 bits per heavy atom. The molecule has 2 heterocycles. The highest BCUT2D eigenvalue weighted by Gasteiger charge is 2.06. The molecule has 0 aromatic carbocycles. The summed E-state index contributed by atoms with van der Waals surface area (Å²) in [5.74, 6) is 0.629. The Morgan fingerprint density at radius 3 is 2.80 bits per heavy atom. The first kappa shape index (κ1) is 13.9. The average Bonchev–Trinajstić information content (AvgIpc) is 2.86. The fraction of sp³-hybridized carbons (Fsp3) is 0.333. The van der Waals surface area contributed by atoms with E-state index in [1.54, 1.807) is 18.5 Å². The zero-order valence-corrected chi connectivity index (χ0v) is 11.4. The molecular weight excluding hydrogens is 258 g/mol. The molecule has 0 aliphatic carbocycles. The van der Waals surface area contributed by atoms with Crippen LogP contribution in [0.15, 0.2) is 24.5 Å². The maximum atomic E-state index is 11.8. The van der Waals surface area contributed by atoms with Gasteiger partial charge in [0.05, 0.1) is 23.8 Å². The van der Waals surface area contributed by atoms with Gasteiger partial charge in [-0.2, -0.15) is 0 Å². The number of carbonyl (C=O) groups excluding carboxylic acids is 1. The van der Waals surface area contributed by atoms with Crippen molar-refractivity contribution in [3.05, 3.63) is 30.2 Å². The zero-order valence-electron chi connectivity index (χ0n) is 11.4. The molecule has 0 bridgehead atoms. The molecule has 0 fully saturated rings. The summed E-state index contributed by atoms with van der Waals surface area (Å²) in [7, 11) is 3.81. The molecule has 2 aromatic rings. The van der Waals surface area contributed by atoms with Crippen LogP contribution in [0.25, 0.3) is 0 Å². The standard InChI is InChI=1S/C12H17N7O/c1-18(2)11-4-3-9(6-14-11)15-12(20)8-19-7-10(5-13)16-17-19/h3-4,6-7H,5,8,13H2,1-2H3,(H,15,20). The van der Waals surface area contributed by atoms with Crippen LogP contribution in [0.3, 0.4) is 0 Å². The summed E-state index contributed by atoms with van der Waals surface area (Å²) in [4.78, 5) is 17.9. The number of nitrogens with two attached hydrogens (primary N) is 1. The molecule has 3 N–H and O–H groups in total. The predicted octanol–water partition coefficient (Wildman–Crippen LogP) is -0.163. The van der Waals surface area contributed by atoms with Gasteiger partial charge in [0.2, 0.25) is 5.91 Å². The summed E-state index contributed by atoms with van der Waals surface area (Å²) in [5, 5.41) is 10.4. The molecule has 0 aliphatic rings. The van der Waals surface area contributed by atoms with Crippen LogP contribution in [-0.4, -0.2) is 40.0 Å². The van der Waals surface area contributed by atoms with Gasteiger partial charge in [0.1, 0.15) is 12.4 Å². The smallest absolute Gasteiger partial charge is 0.246 e. The highest BCUT2D eigenvalue weighted by molar-refractivity contribution is 5.90. The number of nitrogens with zero attached hydrogens (tertiary/aromatic N) is 5. The van der Waals surface area contributed by atoms with Crippen molar-refractivity contribution in [1.29, 1.82) is 0 Å². The van der Waals surface area contributed by atoms with E-state index >= 15 is 0 Å². The molecular formula is C12H17N7O. The second-order valence-corrected chi connectivity index (χ2v) is 4.46. The second-order valence-electron chi connectivity index (χ2n) is 4.46. The molecule has 1 amide bonds. The number of anilines is 2. The summed E-state index contributed by atoms with van der Waals surface area (Å²) < 4.78 is 1.44. The number of carbonyl (C=O) groups is 1. The molecule has 0 unspecified atom stereocenters. The lowest BCUT2D eigenvalue weighted by Crippen LogP contribution is -2.19. The quantitative estimate of drug-likeness (QED) is 0.786. The van der Waals surface area contributed by atoms with Crippen LogP contribution in [-0.2, 0) is 17.9 Å². The van der Waals surface area contributed by atoms with Gasteiger partial charge in [0.15, 0.2) is 0 Å². The summed E-state index contributed by atoms with van der Waals surface area (Å²) in [6.07, 6.45) is 3.26. The molecule has 106 valence electrons. The van der Waals surface area contributed by atoms with Crippen molar-refractivity contribution in [2.75, 3.05) is 24.3 Å². The number of hydrogen-bond donors (Lipinski definition) is 2. The van der Waals surface area contributed by atoms with Gasteiger partial charge in [-0.3, -0.25) is 4.79 Å².